The molecule has 0 unspecified atom stereocenters. The van der Waals surface area contributed by atoms with Crippen molar-refractivity contribution < 1.29 is 46.7 Å². The first-order valence-corrected chi connectivity index (χ1v) is 4.93. The molecule has 4 nitrogen and oxygen atoms in total. The quantitative estimate of drug-likeness (QED) is 0.397. The zero-order valence-electron chi connectivity index (χ0n) is 9.43. The number of nitrogen functional groups attached to an aromatic ring is 1. The summed E-state index contributed by atoms with van der Waals surface area (Å²) in [5.74, 6) is 5.10. The van der Waals surface area contributed by atoms with E-state index in [2.05, 4.69) is 9.84 Å². The zero-order chi connectivity index (χ0) is 13.2. The summed E-state index contributed by atoms with van der Waals surface area (Å²) >= 11 is 0. The second-order valence-electron chi connectivity index (χ2n) is 3.47. The highest BCUT2D eigenvalue weighted by Crippen LogP contribution is 2.25. The molecule has 0 saturated heterocycles. The maximum atomic E-state index is 12.0. The highest BCUT2D eigenvalue weighted by Gasteiger charge is 2.30. The van der Waals surface area contributed by atoms with Crippen LogP contribution in [0.4, 0.5) is 13.2 Å². The van der Waals surface area contributed by atoms with Crippen LogP contribution in [-0.4, -0.2) is 11.5 Å². The van der Waals surface area contributed by atoms with E-state index in [-0.39, 0.29) is 29.7 Å². The molecular weight excluding hydrogens is 374 g/mol. The predicted octanol–water partition coefficient (Wildman–Crippen LogP) is -1.35. The molecule has 1 aromatic heterocycles. The summed E-state index contributed by atoms with van der Waals surface area (Å²) in [6.45, 7) is 0. The van der Waals surface area contributed by atoms with E-state index in [1.807, 2.05) is 0 Å². The Balaban J connectivity index is 0.00000180. The van der Waals surface area contributed by atoms with Gasteiger partial charge in [-0.2, -0.15) is 5.84 Å². The molecule has 0 radical (unpaired) electrons. The number of nitrogens with two attached hydrogens (primary N) is 1. The van der Waals surface area contributed by atoms with E-state index >= 15 is 0 Å². The molecule has 2 rings (SSSR count). The number of hydrogen-bond donors (Lipinski definition) is 1. The van der Waals surface area contributed by atoms with Crippen molar-refractivity contribution in [2.24, 2.45) is 0 Å². The Morgan fingerprint density at radius 2 is 1.68 bits per heavy atom. The normalized spacial score (nSPS) is 10.7. The lowest BCUT2D eigenvalue weighted by Gasteiger charge is -2.08. The predicted molar refractivity (Wildman–Crippen MR) is 56.7 cm³/mol. The minimum Gasteiger partial charge on any atom is -1.00 e. The number of nitrogens with zero attached hydrogens (tertiary/aromatic N) is 2. The number of ether oxygens (including phenoxy) is 1. The summed E-state index contributed by atoms with van der Waals surface area (Å²) < 4.78 is 39.7. The molecule has 0 aliphatic carbocycles. The van der Waals surface area contributed by atoms with Crippen molar-refractivity contribution in [2.75, 3.05) is 5.84 Å². The minimum absolute atomic E-state index is 0. The van der Waals surface area contributed by atoms with Gasteiger partial charge in [0.2, 0.25) is 6.20 Å². The fourth-order valence-corrected chi connectivity index (χ4v) is 1.39. The van der Waals surface area contributed by atoms with Gasteiger partial charge in [-0.1, -0.05) is 12.1 Å². The molecule has 0 saturated carbocycles. The average Bonchev–Trinajstić information content (AvgIpc) is 2.29. The van der Waals surface area contributed by atoms with Gasteiger partial charge in [0.25, 0.3) is 0 Å². The fraction of sp³-hybridized carbons (Fsp3) is 0.0909. The SMILES string of the molecule is N[n+]1ccc(-c2ccc(OC(F)(F)F)cc2)cn1.[I-]. The van der Waals surface area contributed by atoms with Crippen LogP contribution in [0, 0.1) is 0 Å². The minimum atomic E-state index is -4.68. The maximum absolute atomic E-state index is 12.0. The Morgan fingerprint density at radius 3 is 2.16 bits per heavy atom. The molecular formula is C11H9F3IN3O. The third-order valence-electron chi connectivity index (χ3n) is 2.16. The Bertz CT molecular complexity index is 528. The molecule has 0 aliphatic rings. The molecule has 2 aromatic rings. The summed E-state index contributed by atoms with van der Waals surface area (Å²) in [7, 11) is 0. The molecule has 8 heteroatoms. The average molecular weight is 383 g/mol. The number of rotatable bonds is 2. The number of aromatic nitrogens is 2. The Labute approximate surface area is 124 Å². The molecule has 2 N–H and O–H groups in total. The van der Waals surface area contributed by atoms with Gasteiger partial charge in [0, 0.05) is 21.5 Å². The van der Waals surface area contributed by atoms with Crippen LogP contribution in [0.5, 0.6) is 5.75 Å². The van der Waals surface area contributed by atoms with Crippen molar-refractivity contribution in [2.45, 2.75) is 6.36 Å². The number of alkyl halides is 3. The van der Waals surface area contributed by atoms with E-state index in [9.17, 15) is 13.2 Å². The smallest absolute Gasteiger partial charge is 0.573 e. The van der Waals surface area contributed by atoms with E-state index in [1.54, 1.807) is 6.07 Å². The third kappa shape index (κ3) is 4.54. The number of benzene rings is 1. The molecule has 1 heterocycles. The Kier molecular flexibility index (Phi) is 4.92. The van der Waals surface area contributed by atoms with Crippen LogP contribution in [0.2, 0.25) is 0 Å². The van der Waals surface area contributed by atoms with Crippen LogP contribution >= 0.6 is 0 Å². The molecule has 0 bridgehead atoms. The van der Waals surface area contributed by atoms with Gasteiger partial charge in [0.05, 0.1) is 0 Å². The summed E-state index contributed by atoms with van der Waals surface area (Å²) in [5.41, 5.74) is 1.47. The van der Waals surface area contributed by atoms with E-state index in [0.717, 1.165) is 15.9 Å². The number of halogens is 4. The molecule has 102 valence electrons. The topological polar surface area (TPSA) is 52.0 Å². The number of hydrogen-bond acceptors (Lipinski definition) is 3. The van der Waals surface area contributed by atoms with Crippen LogP contribution in [-0.2, 0) is 0 Å². The van der Waals surface area contributed by atoms with Gasteiger partial charge >= 0.3 is 6.36 Å². The van der Waals surface area contributed by atoms with Crippen LogP contribution in [0.15, 0.2) is 42.7 Å². The lowest BCUT2D eigenvalue weighted by Crippen LogP contribution is -3.00. The second-order valence-corrected chi connectivity index (χ2v) is 3.47. The van der Waals surface area contributed by atoms with Crippen LogP contribution < -0.4 is 39.3 Å². The van der Waals surface area contributed by atoms with Crippen molar-refractivity contribution in [1.82, 2.24) is 5.10 Å². The fourth-order valence-electron chi connectivity index (χ4n) is 1.39. The summed E-state index contributed by atoms with van der Waals surface area (Å²) in [6, 6.07) is 7.21. The van der Waals surface area contributed by atoms with Crippen molar-refractivity contribution in [3.05, 3.63) is 42.7 Å². The van der Waals surface area contributed by atoms with Crippen LogP contribution in [0.25, 0.3) is 11.1 Å². The molecule has 1 aromatic carbocycles. The molecule has 0 fully saturated rings. The van der Waals surface area contributed by atoms with E-state index in [4.69, 9.17) is 5.84 Å². The van der Waals surface area contributed by atoms with Gasteiger partial charge in [-0.15, -0.1) is 13.2 Å². The first-order valence-electron chi connectivity index (χ1n) is 4.93. The monoisotopic (exact) mass is 383 g/mol. The van der Waals surface area contributed by atoms with E-state index in [1.165, 1.54) is 36.7 Å². The lowest BCUT2D eigenvalue weighted by atomic mass is 10.1. The molecule has 0 spiro atoms. The molecule has 0 atom stereocenters. The highest BCUT2D eigenvalue weighted by molar-refractivity contribution is 5.62. The molecule has 19 heavy (non-hydrogen) atoms. The highest BCUT2D eigenvalue weighted by atomic mass is 127. The van der Waals surface area contributed by atoms with Crippen molar-refractivity contribution in [3.63, 3.8) is 0 Å². The van der Waals surface area contributed by atoms with Crippen molar-refractivity contribution >= 4 is 0 Å². The second kappa shape index (κ2) is 6.04. The van der Waals surface area contributed by atoms with Crippen molar-refractivity contribution in [1.29, 1.82) is 0 Å². The van der Waals surface area contributed by atoms with Gasteiger partial charge in [-0.05, 0) is 17.7 Å². The van der Waals surface area contributed by atoms with E-state index in [0.29, 0.717) is 0 Å². The zero-order valence-corrected chi connectivity index (χ0v) is 11.6. The van der Waals surface area contributed by atoms with E-state index < -0.39 is 6.36 Å². The van der Waals surface area contributed by atoms with Crippen molar-refractivity contribution in [3.8, 4) is 16.9 Å². The first-order chi connectivity index (χ1) is 8.44. The molecule has 0 aliphatic heterocycles. The standard InChI is InChI=1S/C11H9F3N3O.HI/c12-11(13,14)18-10-3-1-8(2-4-10)9-5-6-17(15)16-7-9;/h1-7H,(H2,15,16);1H/q+1;/p-1. The Morgan fingerprint density at radius 1 is 1.05 bits per heavy atom. The Hall–Kier alpha value is -1.58. The summed E-state index contributed by atoms with van der Waals surface area (Å²) in [4.78, 5) is 1.13. The molecule has 0 amide bonds. The summed E-state index contributed by atoms with van der Waals surface area (Å²) in [5, 5.41) is 3.82. The van der Waals surface area contributed by atoms with Gasteiger partial charge in [0.15, 0.2) is 0 Å². The lowest BCUT2D eigenvalue weighted by molar-refractivity contribution is -0.700. The van der Waals surface area contributed by atoms with Gasteiger partial charge in [0.1, 0.15) is 11.9 Å². The largest absolute Gasteiger partial charge is 1.00 e. The third-order valence-corrected chi connectivity index (χ3v) is 2.16. The first kappa shape index (κ1) is 15.5. The van der Waals surface area contributed by atoms with Gasteiger partial charge in [-0.3, -0.25) is 0 Å². The van der Waals surface area contributed by atoms with Gasteiger partial charge in [-0.25, -0.2) is 0 Å². The maximum Gasteiger partial charge on any atom is 0.573 e. The van der Waals surface area contributed by atoms with Crippen LogP contribution in [0.3, 0.4) is 0 Å². The summed E-state index contributed by atoms with van der Waals surface area (Å²) in [6.07, 6.45) is -1.63. The van der Waals surface area contributed by atoms with Crippen LogP contribution in [0.1, 0.15) is 0 Å². The van der Waals surface area contributed by atoms with Gasteiger partial charge < -0.3 is 28.7 Å².